The Bertz CT molecular complexity index is 477. The molecule has 2 heteroatoms. The lowest BCUT2D eigenvalue weighted by Crippen LogP contribution is -1.82. The molecule has 0 spiro atoms. The summed E-state index contributed by atoms with van der Waals surface area (Å²) in [6, 6.07) is 6.66. The van der Waals surface area contributed by atoms with Crippen LogP contribution in [0.5, 0.6) is 0 Å². The van der Waals surface area contributed by atoms with Crippen LogP contribution in [0.2, 0.25) is 0 Å². The van der Waals surface area contributed by atoms with Crippen molar-refractivity contribution in [1.29, 1.82) is 0 Å². The number of aromatic nitrogens is 1. The Kier molecular flexibility index (Phi) is 2.61. The van der Waals surface area contributed by atoms with E-state index < -0.39 is 0 Å². The average Bonchev–Trinajstić information content (AvgIpc) is 2.43. The molecule has 78 valence electrons. The van der Waals surface area contributed by atoms with Crippen LogP contribution in [0, 0.1) is 27.7 Å². The molecular weight excluding hydrogens is 202 g/mol. The number of hydrogen-bond acceptors (Lipinski definition) is 2. The highest BCUT2D eigenvalue weighted by Crippen LogP contribution is 2.30. The molecule has 1 nitrogen and oxygen atoms in total. The molecule has 0 saturated heterocycles. The number of rotatable bonds is 1. The van der Waals surface area contributed by atoms with Gasteiger partial charge < -0.3 is 0 Å². The second kappa shape index (κ2) is 3.78. The van der Waals surface area contributed by atoms with Gasteiger partial charge in [0.05, 0.1) is 15.6 Å². The fourth-order valence-corrected chi connectivity index (χ4v) is 2.81. The maximum atomic E-state index is 4.47. The summed E-state index contributed by atoms with van der Waals surface area (Å²) in [6.07, 6.45) is 0. The highest BCUT2D eigenvalue weighted by atomic mass is 32.1. The molecule has 0 fully saturated rings. The molecule has 0 atom stereocenters. The van der Waals surface area contributed by atoms with Gasteiger partial charge in [-0.3, -0.25) is 0 Å². The normalized spacial score (nSPS) is 10.7. The van der Waals surface area contributed by atoms with Crippen LogP contribution in [-0.2, 0) is 0 Å². The van der Waals surface area contributed by atoms with Crippen LogP contribution in [-0.4, -0.2) is 4.98 Å². The minimum atomic E-state index is 1.14. The standard InChI is InChI=1S/C13H15NS/c1-8-5-9(2)7-12(6-8)13-10(3)14-11(4)15-13/h5-7H,1-4H3. The highest BCUT2D eigenvalue weighted by molar-refractivity contribution is 7.15. The van der Waals surface area contributed by atoms with Crippen LogP contribution in [0.4, 0.5) is 0 Å². The predicted molar refractivity (Wildman–Crippen MR) is 66.5 cm³/mol. The molecule has 0 N–H and O–H groups in total. The van der Waals surface area contributed by atoms with Crippen LogP contribution in [0.1, 0.15) is 21.8 Å². The van der Waals surface area contributed by atoms with Crippen molar-refractivity contribution in [1.82, 2.24) is 4.98 Å². The van der Waals surface area contributed by atoms with Crippen molar-refractivity contribution >= 4 is 11.3 Å². The van der Waals surface area contributed by atoms with E-state index in [4.69, 9.17) is 0 Å². The maximum Gasteiger partial charge on any atom is 0.0903 e. The van der Waals surface area contributed by atoms with Crippen molar-refractivity contribution in [2.75, 3.05) is 0 Å². The van der Waals surface area contributed by atoms with Gasteiger partial charge in [-0.1, -0.05) is 29.3 Å². The zero-order valence-electron chi connectivity index (χ0n) is 9.59. The number of thiazole rings is 1. The van der Waals surface area contributed by atoms with Gasteiger partial charge in [0.15, 0.2) is 0 Å². The number of nitrogens with zero attached hydrogens (tertiary/aromatic N) is 1. The van der Waals surface area contributed by atoms with Crippen LogP contribution in [0.3, 0.4) is 0 Å². The van der Waals surface area contributed by atoms with Crippen molar-refractivity contribution in [2.24, 2.45) is 0 Å². The first-order valence-electron chi connectivity index (χ1n) is 5.09. The van der Waals surface area contributed by atoms with Crippen molar-refractivity contribution in [3.05, 3.63) is 40.0 Å². The summed E-state index contributed by atoms with van der Waals surface area (Å²) in [5.41, 5.74) is 5.07. The van der Waals surface area contributed by atoms with E-state index in [2.05, 4.69) is 50.9 Å². The molecule has 0 bridgehead atoms. The molecule has 0 radical (unpaired) electrons. The van der Waals surface area contributed by atoms with E-state index in [1.165, 1.54) is 21.6 Å². The van der Waals surface area contributed by atoms with E-state index in [-0.39, 0.29) is 0 Å². The molecule has 0 unspecified atom stereocenters. The molecule has 2 rings (SSSR count). The molecule has 2 aromatic rings. The highest BCUT2D eigenvalue weighted by Gasteiger charge is 2.07. The van der Waals surface area contributed by atoms with E-state index in [9.17, 15) is 0 Å². The Hall–Kier alpha value is -1.15. The van der Waals surface area contributed by atoms with Gasteiger partial charge in [-0.05, 0) is 33.3 Å². The summed E-state index contributed by atoms with van der Waals surface area (Å²) in [4.78, 5) is 5.77. The molecule has 15 heavy (non-hydrogen) atoms. The summed E-state index contributed by atoms with van der Waals surface area (Å²) < 4.78 is 0. The monoisotopic (exact) mass is 217 g/mol. The summed E-state index contributed by atoms with van der Waals surface area (Å²) in [5, 5.41) is 1.14. The Morgan fingerprint density at radius 3 is 2.00 bits per heavy atom. The van der Waals surface area contributed by atoms with Gasteiger partial charge in [0.2, 0.25) is 0 Å². The van der Waals surface area contributed by atoms with Crippen molar-refractivity contribution in [3.8, 4) is 10.4 Å². The van der Waals surface area contributed by atoms with E-state index in [0.29, 0.717) is 0 Å². The SMILES string of the molecule is Cc1cc(C)cc(-c2sc(C)nc2C)c1. The largest absolute Gasteiger partial charge is 0.246 e. The van der Waals surface area contributed by atoms with E-state index >= 15 is 0 Å². The summed E-state index contributed by atoms with van der Waals surface area (Å²) in [6.45, 7) is 8.42. The lowest BCUT2D eigenvalue weighted by Gasteiger charge is -2.03. The third kappa shape index (κ3) is 2.10. The molecule has 1 aromatic carbocycles. The molecule has 0 aliphatic rings. The van der Waals surface area contributed by atoms with Crippen LogP contribution < -0.4 is 0 Å². The maximum absolute atomic E-state index is 4.47. The topological polar surface area (TPSA) is 12.9 Å². The van der Waals surface area contributed by atoms with E-state index in [1.54, 1.807) is 11.3 Å². The Labute approximate surface area is 94.8 Å². The van der Waals surface area contributed by atoms with Crippen LogP contribution >= 0.6 is 11.3 Å². The molecular formula is C13H15NS. The molecule has 1 aromatic heterocycles. The lowest BCUT2D eigenvalue weighted by molar-refractivity contribution is 1.20. The molecule has 0 amide bonds. The first kappa shape index (κ1) is 10.4. The smallest absolute Gasteiger partial charge is 0.0903 e. The quantitative estimate of drug-likeness (QED) is 0.702. The Morgan fingerprint density at radius 1 is 0.933 bits per heavy atom. The summed E-state index contributed by atoms with van der Waals surface area (Å²) in [7, 11) is 0. The summed E-state index contributed by atoms with van der Waals surface area (Å²) in [5.74, 6) is 0. The molecule has 0 aliphatic heterocycles. The molecule has 0 aliphatic carbocycles. The second-order valence-electron chi connectivity index (χ2n) is 4.02. The lowest BCUT2D eigenvalue weighted by atomic mass is 10.1. The Morgan fingerprint density at radius 2 is 1.53 bits per heavy atom. The van der Waals surface area contributed by atoms with Crippen molar-refractivity contribution < 1.29 is 0 Å². The van der Waals surface area contributed by atoms with Gasteiger partial charge >= 0.3 is 0 Å². The van der Waals surface area contributed by atoms with Gasteiger partial charge in [0, 0.05) is 0 Å². The number of hydrogen-bond donors (Lipinski definition) is 0. The zero-order chi connectivity index (χ0) is 11.0. The van der Waals surface area contributed by atoms with E-state index in [1.807, 2.05) is 0 Å². The molecule has 0 saturated carbocycles. The minimum absolute atomic E-state index is 1.14. The predicted octanol–water partition coefficient (Wildman–Crippen LogP) is 4.04. The third-order valence-electron chi connectivity index (χ3n) is 2.39. The minimum Gasteiger partial charge on any atom is -0.246 e. The van der Waals surface area contributed by atoms with Gasteiger partial charge in [-0.15, -0.1) is 11.3 Å². The van der Waals surface area contributed by atoms with Crippen molar-refractivity contribution in [3.63, 3.8) is 0 Å². The fraction of sp³-hybridized carbons (Fsp3) is 0.308. The zero-order valence-corrected chi connectivity index (χ0v) is 10.4. The van der Waals surface area contributed by atoms with Gasteiger partial charge in [-0.2, -0.15) is 0 Å². The number of benzene rings is 1. The van der Waals surface area contributed by atoms with E-state index in [0.717, 1.165) is 10.7 Å². The first-order valence-corrected chi connectivity index (χ1v) is 5.90. The average molecular weight is 217 g/mol. The number of aryl methyl sites for hydroxylation is 4. The van der Waals surface area contributed by atoms with Crippen molar-refractivity contribution in [2.45, 2.75) is 27.7 Å². The van der Waals surface area contributed by atoms with Gasteiger partial charge in [0.25, 0.3) is 0 Å². The summed E-state index contributed by atoms with van der Waals surface area (Å²) >= 11 is 1.77. The Balaban J connectivity index is 2.58. The third-order valence-corrected chi connectivity index (χ3v) is 3.51. The second-order valence-corrected chi connectivity index (χ2v) is 5.23. The molecule has 1 heterocycles. The van der Waals surface area contributed by atoms with Crippen LogP contribution in [0.25, 0.3) is 10.4 Å². The van der Waals surface area contributed by atoms with Crippen LogP contribution in [0.15, 0.2) is 18.2 Å². The first-order chi connectivity index (χ1) is 7.06. The fourth-order valence-electron chi connectivity index (χ4n) is 1.90. The van der Waals surface area contributed by atoms with Gasteiger partial charge in [-0.25, -0.2) is 4.98 Å². The van der Waals surface area contributed by atoms with Gasteiger partial charge in [0.1, 0.15) is 0 Å².